The van der Waals surface area contributed by atoms with Crippen molar-refractivity contribution in [2.75, 3.05) is 31.5 Å². The molecule has 6 nitrogen and oxygen atoms in total. The molecule has 0 atom stereocenters. The maximum absolute atomic E-state index is 10.5. The van der Waals surface area contributed by atoms with E-state index in [9.17, 15) is 5.11 Å². The molecule has 2 N–H and O–H groups in total. The second-order valence-corrected chi connectivity index (χ2v) is 8.05. The van der Waals surface area contributed by atoms with E-state index in [1.165, 1.54) is 0 Å². The lowest BCUT2D eigenvalue weighted by atomic mass is 10.1. The minimum absolute atomic E-state index is 0.273. The highest BCUT2D eigenvalue weighted by Gasteiger charge is 2.16. The number of piperazine rings is 1. The Bertz CT molecular complexity index is 1290. The summed E-state index contributed by atoms with van der Waals surface area (Å²) in [4.78, 5) is 8.88. The van der Waals surface area contributed by atoms with Gasteiger partial charge >= 0.3 is 8.05 Å². The monoisotopic (exact) mass is 436 g/mol. The van der Waals surface area contributed by atoms with Crippen LogP contribution in [0.5, 0.6) is 11.5 Å². The highest BCUT2D eigenvalue weighted by atomic mass is 16.4. The lowest BCUT2D eigenvalue weighted by Gasteiger charge is -2.33. The number of aromatic nitrogens is 1. The van der Waals surface area contributed by atoms with Gasteiger partial charge < -0.3 is 19.9 Å². The number of phenolic OH excluding ortho intramolecular Hbond substituents is 1. The van der Waals surface area contributed by atoms with Crippen LogP contribution in [0, 0.1) is 0 Å². The van der Waals surface area contributed by atoms with Crippen LogP contribution in [0.2, 0.25) is 0 Å². The first-order valence-electron chi connectivity index (χ1n) is 10.9. The van der Waals surface area contributed by atoms with Crippen molar-refractivity contribution >= 4 is 50.5 Å². The van der Waals surface area contributed by atoms with Crippen LogP contribution in [0.25, 0.3) is 23.1 Å². The van der Waals surface area contributed by atoms with Gasteiger partial charge in [0, 0.05) is 41.5 Å². The van der Waals surface area contributed by atoms with E-state index < -0.39 is 0 Å². The summed E-state index contributed by atoms with van der Waals surface area (Å²) < 4.78 is 4.97. The standard InChI is InChI=1S/C25H26B2N4O2/c1-3-5-20-22(4-2)29-23-8-7-19(33-27)15-21(23)25(20)28-18-6-9-24(32)17(14-18)16-30-10-12-31(26)13-11-30/h3-9,14-15,28,32H,1,10-13,16H2,2H3/b20-5+,22-4+. The number of nitrogens with one attached hydrogen (secondary N) is 1. The Kier molecular flexibility index (Phi) is 7.06. The van der Waals surface area contributed by atoms with E-state index in [1.807, 2.05) is 48.2 Å². The summed E-state index contributed by atoms with van der Waals surface area (Å²) in [6.07, 6.45) is 5.63. The first-order valence-corrected chi connectivity index (χ1v) is 10.9. The molecule has 3 aromatic rings. The SMILES string of the molecule is [B]Oc1ccc2nc(=C/C)/c(=C\C=C)c(Nc3ccc(O)c(CN4CCN([B])CC4)c3)c2c1. The maximum Gasteiger partial charge on any atom is 0.374 e. The van der Waals surface area contributed by atoms with E-state index in [1.54, 1.807) is 18.2 Å². The van der Waals surface area contributed by atoms with Crippen LogP contribution >= 0.6 is 0 Å². The third-order valence-electron chi connectivity index (χ3n) is 5.87. The van der Waals surface area contributed by atoms with Gasteiger partial charge in [0.2, 0.25) is 0 Å². The number of aromatic hydroxyl groups is 1. The minimum Gasteiger partial charge on any atom is -0.568 e. The van der Waals surface area contributed by atoms with Gasteiger partial charge in [-0.1, -0.05) is 24.8 Å². The summed E-state index contributed by atoms with van der Waals surface area (Å²) in [6, 6.07) is 11.1. The molecule has 1 aromatic heterocycles. The van der Waals surface area contributed by atoms with Crippen LogP contribution in [-0.2, 0) is 6.54 Å². The molecule has 0 bridgehead atoms. The number of nitrogens with zero attached hydrogens (tertiary/aromatic N) is 3. The van der Waals surface area contributed by atoms with Crippen molar-refractivity contribution in [1.82, 2.24) is 14.7 Å². The summed E-state index contributed by atoms with van der Waals surface area (Å²) in [7, 11) is 11.3. The molecule has 1 aliphatic rings. The van der Waals surface area contributed by atoms with E-state index in [0.29, 0.717) is 12.3 Å². The number of anilines is 2. The Balaban J connectivity index is 1.77. The van der Waals surface area contributed by atoms with Crippen LogP contribution in [0.15, 0.2) is 49.1 Å². The van der Waals surface area contributed by atoms with E-state index >= 15 is 0 Å². The molecule has 4 rings (SSSR count). The molecule has 164 valence electrons. The Morgan fingerprint density at radius 3 is 2.67 bits per heavy atom. The van der Waals surface area contributed by atoms with Crippen molar-refractivity contribution in [3.63, 3.8) is 0 Å². The largest absolute Gasteiger partial charge is 0.568 e. The lowest BCUT2D eigenvalue weighted by molar-refractivity contribution is 0.183. The fraction of sp³-hybridized carbons (Fsp3) is 0.240. The Hall–Kier alpha value is -3.22. The zero-order valence-electron chi connectivity index (χ0n) is 18.8. The van der Waals surface area contributed by atoms with E-state index in [-0.39, 0.29) is 5.75 Å². The first kappa shape index (κ1) is 23.0. The van der Waals surface area contributed by atoms with Crippen LogP contribution in [-0.4, -0.2) is 62.0 Å². The van der Waals surface area contributed by atoms with Crippen molar-refractivity contribution in [2.24, 2.45) is 0 Å². The molecular weight excluding hydrogens is 410 g/mol. The fourth-order valence-electron chi connectivity index (χ4n) is 4.09. The first-order chi connectivity index (χ1) is 16.0. The highest BCUT2D eigenvalue weighted by molar-refractivity contribution is 6.04. The molecule has 1 aliphatic heterocycles. The lowest BCUT2D eigenvalue weighted by Crippen LogP contribution is -2.44. The number of hydrogen-bond acceptors (Lipinski definition) is 6. The molecule has 4 radical (unpaired) electrons. The second-order valence-electron chi connectivity index (χ2n) is 8.05. The average molecular weight is 436 g/mol. The molecule has 0 aliphatic carbocycles. The Morgan fingerprint density at radius 1 is 1.18 bits per heavy atom. The van der Waals surface area contributed by atoms with Gasteiger partial charge in [-0.15, -0.1) is 0 Å². The van der Waals surface area contributed by atoms with Gasteiger partial charge in [-0.25, -0.2) is 4.98 Å². The Morgan fingerprint density at radius 2 is 1.97 bits per heavy atom. The quantitative estimate of drug-likeness (QED) is 0.456. The van der Waals surface area contributed by atoms with Crippen LogP contribution in [0.1, 0.15) is 12.5 Å². The molecule has 1 saturated heterocycles. The van der Waals surface area contributed by atoms with E-state index in [0.717, 1.165) is 64.6 Å². The van der Waals surface area contributed by atoms with Gasteiger partial charge in [0.15, 0.2) is 7.98 Å². The zero-order chi connectivity index (χ0) is 23.4. The molecule has 0 unspecified atom stereocenters. The van der Waals surface area contributed by atoms with Crippen molar-refractivity contribution in [3.05, 3.63) is 65.2 Å². The average Bonchev–Trinajstić information content (AvgIpc) is 2.83. The molecule has 8 heteroatoms. The van der Waals surface area contributed by atoms with Gasteiger partial charge in [0.25, 0.3) is 0 Å². The molecular formula is C25H26B2N4O2. The number of phenols is 1. The summed E-state index contributed by atoms with van der Waals surface area (Å²) in [6.45, 7) is 9.81. The third kappa shape index (κ3) is 5.07. The number of pyridine rings is 1. The number of hydrogen-bond donors (Lipinski definition) is 2. The van der Waals surface area contributed by atoms with E-state index in [2.05, 4.69) is 16.8 Å². The van der Waals surface area contributed by atoms with Gasteiger partial charge in [0.05, 0.1) is 22.3 Å². The van der Waals surface area contributed by atoms with Gasteiger partial charge in [-0.2, -0.15) is 0 Å². The van der Waals surface area contributed by atoms with Crippen LogP contribution in [0.4, 0.5) is 11.4 Å². The smallest absolute Gasteiger partial charge is 0.374 e. The summed E-state index contributed by atoms with van der Waals surface area (Å²) in [5, 5.41) is 16.6. The van der Waals surface area contributed by atoms with Crippen LogP contribution < -0.4 is 20.5 Å². The number of benzene rings is 2. The molecule has 2 heterocycles. The van der Waals surface area contributed by atoms with Crippen molar-refractivity contribution in [3.8, 4) is 11.5 Å². The fourth-order valence-corrected chi connectivity index (χ4v) is 4.09. The second kappa shape index (κ2) is 10.1. The third-order valence-corrected chi connectivity index (χ3v) is 5.87. The number of allylic oxidation sites excluding steroid dienone is 1. The van der Waals surface area contributed by atoms with Gasteiger partial charge in [-0.3, -0.25) is 4.90 Å². The molecule has 2 aromatic carbocycles. The number of fused-ring (bicyclic) bond motifs is 1. The van der Waals surface area contributed by atoms with E-state index in [4.69, 9.17) is 25.7 Å². The molecule has 0 saturated carbocycles. The molecule has 0 spiro atoms. The van der Waals surface area contributed by atoms with Crippen LogP contribution in [0.3, 0.4) is 0 Å². The van der Waals surface area contributed by atoms with Gasteiger partial charge in [-0.05, 0) is 56.4 Å². The topological polar surface area (TPSA) is 60.9 Å². The molecule has 0 amide bonds. The Labute approximate surface area is 196 Å². The predicted molar refractivity (Wildman–Crippen MR) is 136 cm³/mol. The van der Waals surface area contributed by atoms with Crippen molar-refractivity contribution < 1.29 is 9.76 Å². The van der Waals surface area contributed by atoms with Crippen molar-refractivity contribution in [1.29, 1.82) is 0 Å². The zero-order valence-corrected chi connectivity index (χ0v) is 18.8. The molecule has 33 heavy (non-hydrogen) atoms. The summed E-state index contributed by atoms with van der Waals surface area (Å²) in [5.41, 5.74) is 3.38. The van der Waals surface area contributed by atoms with Gasteiger partial charge in [0.1, 0.15) is 5.75 Å². The normalized spacial score (nSPS) is 16.3. The predicted octanol–water partition coefficient (Wildman–Crippen LogP) is 2.11. The summed E-state index contributed by atoms with van der Waals surface area (Å²) in [5.74, 6) is 0.810. The summed E-state index contributed by atoms with van der Waals surface area (Å²) >= 11 is 0. The maximum atomic E-state index is 10.5. The molecule has 1 fully saturated rings. The highest BCUT2D eigenvalue weighted by Crippen LogP contribution is 2.28. The minimum atomic E-state index is 0.273. The van der Waals surface area contributed by atoms with Crippen molar-refractivity contribution in [2.45, 2.75) is 13.5 Å². The number of rotatable bonds is 6.